The Bertz CT molecular complexity index is 605. The average Bonchev–Trinajstić information content (AvgIpc) is 2.52. The van der Waals surface area contributed by atoms with E-state index in [2.05, 4.69) is 11.3 Å². The van der Waals surface area contributed by atoms with Gasteiger partial charge in [-0.25, -0.2) is 14.4 Å². The first-order valence-electron chi connectivity index (χ1n) is 7.23. The summed E-state index contributed by atoms with van der Waals surface area (Å²) in [6.07, 6.45) is 0.502. The monoisotopic (exact) mass is 320 g/mol. The van der Waals surface area contributed by atoms with E-state index in [0.717, 1.165) is 6.42 Å². The van der Waals surface area contributed by atoms with Crippen LogP contribution in [0.1, 0.15) is 47.4 Å². The SMILES string of the molecule is C=C(C)C(=O)OC(=O)c1ccccc1C(=O)OCC(O)CCC. The molecule has 1 atom stereocenters. The van der Waals surface area contributed by atoms with Gasteiger partial charge in [0.1, 0.15) is 6.61 Å². The van der Waals surface area contributed by atoms with Crippen LogP contribution in [0, 0.1) is 0 Å². The molecule has 1 unspecified atom stereocenters. The topological polar surface area (TPSA) is 89.9 Å². The Labute approximate surface area is 134 Å². The summed E-state index contributed by atoms with van der Waals surface area (Å²) in [5.74, 6) is -2.59. The molecule has 0 bridgehead atoms. The first-order chi connectivity index (χ1) is 10.9. The number of hydrogen-bond donors (Lipinski definition) is 1. The maximum Gasteiger partial charge on any atom is 0.346 e. The summed E-state index contributed by atoms with van der Waals surface area (Å²) in [4.78, 5) is 35.4. The van der Waals surface area contributed by atoms with Crippen LogP contribution in [0.5, 0.6) is 0 Å². The summed E-state index contributed by atoms with van der Waals surface area (Å²) in [6.45, 7) is 6.52. The lowest BCUT2D eigenvalue weighted by molar-refractivity contribution is -0.133. The predicted molar refractivity (Wildman–Crippen MR) is 82.9 cm³/mol. The number of hydrogen-bond acceptors (Lipinski definition) is 6. The van der Waals surface area contributed by atoms with Gasteiger partial charge in [0.2, 0.25) is 0 Å². The van der Waals surface area contributed by atoms with Crippen LogP contribution in [0.3, 0.4) is 0 Å². The molecule has 1 aromatic carbocycles. The average molecular weight is 320 g/mol. The van der Waals surface area contributed by atoms with Crippen molar-refractivity contribution >= 4 is 17.9 Å². The van der Waals surface area contributed by atoms with Crippen molar-refractivity contribution in [2.45, 2.75) is 32.8 Å². The van der Waals surface area contributed by atoms with Crippen molar-refractivity contribution < 1.29 is 29.0 Å². The van der Waals surface area contributed by atoms with Gasteiger partial charge in [-0.15, -0.1) is 0 Å². The number of aliphatic hydroxyl groups is 1. The standard InChI is InChI=1S/C17H20O6/c1-4-7-12(18)10-22-16(20)13-8-5-6-9-14(13)17(21)23-15(19)11(2)3/h5-6,8-9,12,18H,2,4,7,10H2,1,3H3. The lowest BCUT2D eigenvalue weighted by Gasteiger charge is -2.12. The number of aliphatic hydroxyl groups excluding tert-OH is 1. The molecule has 1 N–H and O–H groups in total. The fourth-order valence-electron chi connectivity index (χ4n) is 1.73. The molecule has 0 saturated carbocycles. The number of esters is 3. The first kappa shape index (κ1) is 18.6. The van der Waals surface area contributed by atoms with E-state index in [0.29, 0.717) is 6.42 Å². The van der Waals surface area contributed by atoms with E-state index in [9.17, 15) is 19.5 Å². The maximum atomic E-state index is 12.1. The molecular weight excluding hydrogens is 300 g/mol. The van der Waals surface area contributed by atoms with E-state index < -0.39 is 24.0 Å². The van der Waals surface area contributed by atoms with E-state index in [1.165, 1.54) is 25.1 Å². The molecule has 0 aliphatic rings. The molecule has 0 spiro atoms. The molecule has 0 fully saturated rings. The van der Waals surface area contributed by atoms with Crippen LogP contribution in [-0.2, 0) is 14.3 Å². The zero-order valence-electron chi connectivity index (χ0n) is 13.2. The Morgan fingerprint density at radius 2 is 1.74 bits per heavy atom. The van der Waals surface area contributed by atoms with Gasteiger partial charge in [0.25, 0.3) is 0 Å². The van der Waals surface area contributed by atoms with Crippen LogP contribution in [0.15, 0.2) is 36.4 Å². The zero-order valence-corrected chi connectivity index (χ0v) is 13.2. The predicted octanol–water partition coefficient (Wildman–Crippen LogP) is 2.26. The van der Waals surface area contributed by atoms with E-state index in [1.807, 2.05) is 6.92 Å². The first-order valence-corrected chi connectivity index (χ1v) is 7.23. The fraction of sp³-hybridized carbons (Fsp3) is 0.353. The van der Waals surface area contributed by atoms with Gasteiger partial charge in [0.15, 0.2) is 0 Å². The second-order valence-electron chi connectivity index (χ2n) is 5.04. The Morgan fingerprint density at radius 1 is 1.17 bits per heavy atom. The third-order valence-electron chi connectivity index (χ3n) is 2.93. The molecule has 6 heteroatoms. The fourth-order valence-corrected chi connectivity index (χ4v) is 1.73. The molecule has 0 aromatic heterocycles. The highest BCUT2D eigenvalue weighted by atomic mass is 16.6. The van der Waals surface area contributed by atoms with Crippen LogP contribution in [0.25, 0.3) is 0 Å². The van der Waals surface area contributed by atoms with Crippen LogP contribution in [-0.4, -0.2) is 35.7 Å². The van der Waals surface area contributed by atoms with Gasteiger partial charge in [-0.3, -0.25) is 0 Å². The molecule has 6 nitrogen and oxygen atoms in total. The smallest absolute Gasteiger partial charge is 0.346 e. The minimum atomic E-state index is -0.959. The largest absolute Gasteiger partial charge is 0.459 e. The minimum Gasteiger partial charge on any atom is -0.459 e. The normalized spacial score (nSPS) is 11.4. The van der Waals surface area contributed by atoms with Crippen molar-refractivity contribution in [2.24, 2.45) is 0 Å². The minimum absolute atomic E-state index is 0.0317. The maximum absolute atomic E-state index is 12.1. The van der Waals surface area contributed by atoms with Crippen LogP contribution in [0.2, 0.25) is 0 Å². The second kappa shape index (κ2) is 8.85. The van der Waals surface area contributed by atoms with Crippen molar-refractivity contribution in [3.63, 3.8) is 0 Å². The molecule has 1 rings (SSSR count). The van der Waals surface area contributed by atoms with Gasteiger partial charge in [-0.1, -0.05) is 32.1 Å². The van der Waals surface area contributed by atoms with E-state index in [1.54, 1.807) is 6.07 Å². The molecule has 0 amide bonds. The van der Waals surface area contributed by atoms with Crippen molar-refractivity contribution in [1.82, 2.24) is 0 Å². The Balaban J connectivity index is 2.84. The summed E-state index contributed by atoms with van der Waals surface area (Å²) >= 11 is 0. The van der Waals surface area contributed by atoms with Gasteiger partial charge in [-0.05, 0) is 25.5 Å². The van der Waals surface area contributed by atoms with Crippen molar-refractivity contribution in [3.8, 4) is 0 Å². The summed E-state index contributed by atoms with van der Waals surface area (Å²) in [5, 5.41) is 9.58. The lowest BCUT2D eigenvalue weighted by atomic mass is 10.1. The van der Waals surface area contributed by atoms with Gasteiger partial charge in [0.05, 0.1) is 17.2 Å². The molecular formula is C17H20O6. The third kappa shape index (κ3) is 5.67. The van der Waals surface area contributed by atoms with Gasteiger partial charge in [-0.2, -0.15) is 0 Å². The van der Waals surface area contributed by atoms with Crippen molar-refractivity contribution in [2.75, 3.05) is 6.61 Å². The molecule has 0 aliphatic heterocycles. The Hall–Kier alpha value is -2.47. The van der Waals surface area contributed by atoms with E-state index in [-0.39, 0.29) is 23.3 Å². The molecule has 124 valence electrons. The number of rotatable bonds is 7. The van der Waals surface area contributed by atoms with Crippen molar-refractivity contribution in [3.05, 3.63) is 47.5 Å². The molecule has 0 heterocycles. The second-order valence-corrected chi connectivity index (χ2v) is 5.04. The van der Waals surface area contributed by atoms with Gasteiger partial charge in [0, 0.05) is 5.57 Å². The van der Waals surface area contributed by atoms with Gasteiger partial charge < -0.3 is 14.6 Å². The zero-order chi connectivity index (χ0) is 17.4. The molecule has 23 heavy (non-hydrogen) atoms. The highest BCUT2D eigenvalue weighted by molar-refractivity contribution is 6.07. The molecule has 0 aliphatic carbocycles. The van der Waals surface area contributed by atoms with Crippen LogP contribution in [0.4, 0.5) is 0 Å². The quantitative estimate of drug-likeness (QED) is 0.471. The highest BCUT2D eigenvalue weighted by Gasteiger charge is 2.22. The van der Waals surface area contributed by atoms with E-state index >= 15 is 0 Å². The summed E-state index contributed by atoms with van der Waals surface area (Å²) in [5.41, 5.74) is -0.0473. The summed E-state index contributed by atoms with van der Waals surface area (Å²) in [7, 11) is 0. The summed E-state index contributed by atoms with van der Waals surface area (Å²) < 4.78 is 9.60. The number of benzene rings is 1. The Morgan fingerprint density at radius 3 is 2.26 bits per heavy atom. The number of ether oxygens (including phenoxy) is 2. The van der Waals surface area contributed by atoms with Gasteiger partial charge >= 0.3 is 17.9 Å². The number of carbonyl (C=O) groups excluding carboxylic acids is 3. The molecule has 0 radical (unpaired) electrons. The Kier molecular flexibility index (Phi) is 7.15. The lowest BCUT2D eigenvalue weighted by Crippen LogP contribution is -2.21. The third-order valence-corrected chi connectivity index (χ3v) is 2.93. The number of carbonyl (C=O) groups is 3. The highest BCUT2D eigenvalue weighted by Crippen LogP contribution is 2.13. The van der Waals surface area contributed by atoms with Crippen LogP contribution < -0.4 is 0 Å². The molecule has 1 aromatic rings. The van der Waals surface area contributed by atoms with Crippen molar-refractivity contribution in [1.29, 1.82) is 0 Å². The van der Waals surface area contributed by atoms with E-state index in [4.69, 9.17) is 4.74 Å². The summed E-state index contributed by atoms with van der Waals surface area (Å²) in [6, 6.07) is 5.82. The van der Waals surface area contributed by atoms with Crippen LogP contribution >= 0.6 is 0 Å². The molecule has 0 saturated heterocycles.